The molecule has 0 unspecified atom stereocenters. The van der Waals surface area contributed by atoms with E-state index in [4.69, 9.17) is 5.73 Å². The molecular formula is C14H19N5OS. The van der Waals surface area contributed by atoms with Crippen LogP contribution in [-0.2, 0) is 17.9 Å². The van der Waals surface area contributed by atoms with Crippen LogP contribution in [0, 0.1) is 0 Å². The Labute approximate surface area is 127 Å². The number of amides is 1. The molecule has 1 amide bonds. The number of nitrogens with zero attached hydrogens (tertiary/aromatic N) is 4. The van der Waals surface area contributed by atoms with Crippen LogP contribution >= 0.6 is 11.3 Å². The molecule has 3 heterocycles. The third-order valence-electron chi connectivity index (χ3n) is 3.66. The summed E-state index contributed by atoms with van der Waals surface area (Å²) in [5, 5.41) is 8.33. The molecule has 0 bridgehead atoms. The van der Waals surface area contributed by atoms with Gasteiger partial charge < -0.3 is 10.6 Å². The number of rotatable bonds is 4. The van der Waals surface area contributed by atoms with Gasteiger partial charge in [0.1, 0.15) is 6.54 Å². The van der Waals surface area contributed by atoms with Crippen LogP contribution in [0.3, 0.4) is 0 Å². The number of aromatic nitrogens is 2. The largest absolute Gasteiger partial charge is 0.396 e. The predicted molar refractivity (Wildman–Crippen MR) is 82.8 cm³/mol. The number of hydrogen-bond acceptors (Lipinski definition) is 5. The van der Waals surface area contributed by atoms with Crippen molar-refractivity contribution in [2.45, 2.75) is 13.1 Å². The van der Waals surface area contributed by atoms with Crippen molar-refractivity contribution in [3.63, 3.8) is 0 Å². The highest BCUT2D eigenvalue weighted by molar-refractivity contribution is 7.07. The summed E-state index contributed by atoms with van der Waals surface area (Å²) in [5.74, 6) is 0.105. The lowest BCUT2D eigenvalue weighted by Gasteiger charge is -2.34. The van der Waals surface area contributed by atoms with E-state index in [0.717, 1.165) is 32.7 Å². The summed E-state index contributed by atoms with van der Waals surface area (Å²) in [6.07, 6.45) is 3.25. The van der Waals surface area contributed by atoms with Gasteiger partial charge in [0.2, 0.25) is 5.91 Å². The molecule has 112 valence electrons. The molecule has 6 nitrogen and oxygen atoms in total. The topological polar surface area (TPSA) is 67.4 Å². The molecule has 2 aromatic heterocycles. The summed E-state index contributed by atoms with van der Waals surface area (Å²) in [6.45, 7) is 4.63. The minimum atomic E-state index is 0.105. The molecule has 1 aliphatic rings. The highest BCUT2D eigenvalue weighted by Crippen LogP contribution is 2.12. The Kier molecular flexibility index (Phi) is 4.21. The van der Waals surface area contributed by atoms with E-state index < -0.39 is 0 Å². The molecule has 1 fully saturated rings. The average Bonchev–Trinajstić information content (AvgIpc) is 3.12. The molecule has 1 aliphatic heterocycles. The van der Waals surface area contributed by atoms with Gasteiger partial charge >= 0.3 is 0 Å². The van der Waals surface area contributed by atoms with Crippen LogP contribution in [0.2, 0.25) is 0 Å². The molecule has 0 spiro atoms. The maximum atomic E-state index is 12.2. The van der Waals surface area contributed by atoms with Crippen molar-refractivity contribution in [1.82, 2.24) is 19.6 Å². The van der Waals surface area contributed by atoms with Crippen molar-refractivity contribution in [1.29, 1.82) is 0 Å². The molecule has 2 N–H and O–H groups in total. The monoisotopic (exact) mass is 305 g/mol. The first-order valence-corrected chi connectivity index (χ1v) is 7.94. The summed E-state index contributed by atoms with van der Waals surface area (Å²) in [6, 6.07) is 2.16. The third kappa shape index (κ3) is 3.62. The number of carbonyl (C=O) groups is 1. The van der Waals surface area contributed by atoms with Gasteiger partial charge in [-0.15, -0.1) is 0 Å². The standard InChI is InChI=1S/C14H19N5OS/c15-13-7-16-19(9-13)10-14(20)18-4-2-17(3-5-18)8-12-1-6-21-11-12/h1,6-7,9,11H,2-5,8,10,15H2. The second kappa shape index (κ2) is 6.28. The third-order valence-corrected chi connectivity index (χ3v) is 4.39. The van der Waals surface area contributed by atoms with Crippen LogP contribution in [-0.4, -0.2) is 51.7 Å². The molecule has 0 aliphatic carbocycles. The first-order chi connectivity index (χ1) is 10.2. The van der Waals surface area contributed by atoms with Crippen LogP contribution < -0.4 is 5.73 Å². The Bertz CT molecular complexity index is 586. The van der Waals surface area contributed by atoms with Crippen molar-refractivity contribution in [2.24, 2.45) is 0 Å². The zero-order valence-corrected chi connectivity index (χ0v) is 12.6. The normalized spacial score (nSPS) is 16.3. The van der Waals surface area contributed by atoms with E-state index in [1.54, 1.807) is 28.4 Å². The molecule has 21 heavy (non-hydrogen) atoms. The van der Waals surface area contributed by atoms with Gasteiger partial charge in [-0.1, -0.05) is 0 Å². The number of hydrogen-bond donors (Lipinski definition) is 1. The van der Waals surface area contributed by atoms with Gasteiger partial charge in [0.15, 0.2) is 0 Å². The molecule has 0 radical (unpaired) electrons. The number of nitrogen functional groups attached to an aromatic ring is 1. The van der Waals surface area contributed by atoms with Crippen molar-refractivity contribution in [3.8, 4) is 0 Å². The van der Waals surface area contributed by atoms with Crippen LogP contribution in [0.1, 0.15) is 5.56 Å². The first kappa shape index (κ1) is 14.1. The summed E-state index contributed by atoms with van der Waals surface area (Å²) < 4.78 is 1.59. The Morgan fingerprint density at radius 3 is 2.76 bits per heavy atom. The lowest BCUT2D eigenvalue weighted by atomic mass is 10.2. The fourth-order valence-corrected chi connectivity index (χ4v) is 3.16. The van der Waals surface area contributed by atoms with Gasteiger partial charge in [-0.3, -0.25) is 14.4 Å². The minimum Gasteiger partial charge on any atom is -0.396 e. The molecule has 3 rings (SSSR count). The van der Waals surface area contributed by atoms with Crippen molar-refractivity contribution in [2.75, 3.05) is 31.9 Å². The molecule has 7 heteroatoms. The fraction of sp³-hybridized carbons (Fsp3) is 0.429. The highest BCUT2D eigenvalue weighted by atomic mass is 32.1. The van der Waals surface area contributed by atoms with Gasteiger partial charge in [-0.05, 0) is 22.4 Å². The van der Waals surface area contributed by atoms with Gasteiger partial charge in [0.05, 0.1) is 11.9 Å². The van der Waals surface area contributed by atoms with Crippen molar-refractivity contribution >= 4 is 22.9 Å². The predicted octanol–water partition coefficient (Wildman–Crippen LogP) is 0.871. The Balaban J connectivity index is 1.47. The van der Waals surface area contributed by atoms with Crippen LogP contribution in [0.15, 0.2) is 29.2 Å². The maximum Gasteiger partial charge on any atom is 0.244 e. The second-order valence-electron chi connectivity index (χ2n) is 5.26. The minimum absolute atomic E-state index is 0.105. The quantitative estimate of drug-likeness (QED) is 0.910. The maximum absolute atomic E-state index is 12.2. The Hall–Kier alpha value is -1.86. The summed E-state index contributed by atoms with van der Waals surface area (Å²) in [7, 11) is 0. The van der Waals surface area contributed by atoms with Crippen molar-refractivity contribution < 1.29 is 4.79 Å². The van der Waals surface area contributed by atoms with Crippen LogP contribution in [0.4, 0.5) is 5.69 Å². The smallest absolute Gasteiger partial charge is 0.244 e. The second-order valence-corrected chi connectivity index (χ2v) is 6.04. The first-order valence-electron chi connectivity index (χ1n) is 7.00. The molecular weight excluding hydrogens is 286 g/mol. The Morgan fingerprint density at radius 1 is 1.33 bits per heavy atom. The number of thiophene rings is 1. The van der Waals surface area contributed by atoms with E-state index >= 15 is 0 Å². The van der Waals surface area contributed by atoms with Gasteiger partial charge in [0.25, 0.3) is 0 Å². The molecule has 0 atom stereocenters. The lowest BCUT2D eigenvalue weighted by molar-refractivity contribution is -0.133. The zero-order chi connectivity index (χ0) is 14.7. The van der Waals surface area contributed by atoms with Gasteiger partial charge in [-0.2, -0.15) is 16.4 Å². The van der Waals surface area contributed by atoms with Crippen LogP contribution in [0.5, 0.6) is 0 Å². The lowest BCUT2D eigenvalue weighted by Crippen LogP contribution is -2.49. The molecule has 2 aromatic rings. The summed E-state index contributed by atoms with van der Waals surface area (Å²) >= 11 is 1.73. The number of piperazine rings is 1. The highest BCUT2D eigenvalue weighted by Gasteiger charge is 2.21. The summed E-state index contributed by atoms with van der Waals surface area (Å²) in [5.41, 5.74) is 7.54. The number of anilines is 1. The van der Waals surface area contributed by atoms with Crippen LogP contribution in [0.25, 0.3) is 0 Å². The SMILES string of the molecule is Nc1cnn(CC(=O)N2CCN(Cc3ccsc3)CC2)c1. The number of carbonyl (C=O) groups excluding carboxylic acids is 1. The van der Waals surface area contributed by atoms with E-state index in [9.17, 15) is 4.79 Å². The zero-order valence-electron chi connectivity index (χ0n) is 11.8. The molecule has 1 saturated heterocycles. The Morgan fingerprint density at radius 2 is 2.14 bits per heavy atom. The van der Waals surface area contributed by atoms with Gasteiger partial charge in [-0.25, -0.2) is 0 Å². The molecule has 0 saturated carbocycles. The van der Waals surface area contributed by atoms with E-state index in [-0.39, 0.29) is 12.5 Å². The number of nitrogens with two attached hydrogens (primary N) is 1. The summed E-state index contributed by atoms with van der Waals surface area (Å²) in [4.78, 5) is 16.5. The van der Waals surface area contributed by atoms with Crippen molar-refractivity contribution in [3.05, 3.63) is 34.8 Å². The van der Waals surface area contributed by atoms with E-state index in [0.29, 0.717) is 5.69 Å². The van der Waals surface area contributed by atoms with E-state index in [2.05, 4.69) is 26.8 Å². The van der Waals surface area contributed by atoms with Gasteiger partial charge in [0, 0.05) is 38.9 Å². The van der Waals surface area contributed by atoms with E-state index in [1.807, 2.05) is 4.90 Å². The van der Waals surface area contributed by atoms with E-state index in [1.165, 1.54) is 5.56 Å². The average molecular weight is 305 g/mol. The molecule has 0 aromatic carbocycles. The fourth-order valence-electron chi connectivity index (χ4n) is 2.50.